The fraction of sp³-hybridized carbons (Fsp3) is 0.0714. The van der Waals surface area contributed by atoms with E-state index >= 15 is 0 Å². The minimum atomic E-state index is -3.38. The van der Waals surface area contributed by atoms with Crippen molar-refractivity contribution >= 4 is 33.0 Å². The highest BCUT2D eigenvalue weighted by atomic mass is 35.5. The zero-order valence-corrected chi connectivity index (χ0v) is 20.6. The van der Waals surface area contributed by atoms with Crippen molar-refractivity contribution < 1.29 is 22.7 Å². The maximum absolute atomic E-state index is 13.3. The number of Topliss-reactive ketones (excluding diaryl/α,β-unsaturated/α-hetero) is 2. The molecule has 0 aliphatic heterocycles. The molecule has 176 valence electrons. The van der Waals surface area contributed by atoms with Crippen LogP contribution in [-0.4, -0.2) is 33.3 Å². The summed E-state index contributed by atoms with van der Waals surface area (Å²) < 4.78 is 29.2. The Hall–Kier alpha value is -3.74. The van der Waals surface area contributed by atoms with Crippen LogP contribution in [0.15, 0.2) is 95.9 Å². The van der Waals surface area contributed by atoms with Crippen LogP contribution in [-0.2, 0) is 9.84 Å². The second-order valence-corrected chi connectivity index (χ2v) is 10.3. The predicted octanol–water partition coefficient (Wildman–Crippen LogP) is 6.15. The van der Waals surface area contributed by atoms with Gasteiger partial charge in [0, 0.05) is 22.9 Å². The van der Waals surface area contributed by atoms with Gasteiger partial charge in [0.25, 0.3) is 0 Å². The predicted molar refractivity (Wildman–Crippen MR) is 137 cm³/mol. The molecule has 0 spiro atoms. The molecule has 0 heterocycles. The SMILES string of the molecule is COc1ccc(-c2ccccc2C(=O)C(=O)c2ccccc2)c(-c2ccc(S(C)(=O)=O)cc2)c1Cl. The van der Waals surface area contributed by atoms with Crippen molar-refractivity contribution in [3.8, 4) is 28.0 Å². The molecule has 0 aliphatic carbocycles. The van der Waals surface area contributed by atoms with Crippen LogP contribution in [0, 0.1) is 0 Å². The Balaban J connectivity index is 1.90. The van der Waals surface area contributed by atoms with Gasteiger partial charge < -0.3 is 4.74 Å². The number of hydrogen-bond donors (Lipinski definition) is 0. The first-order valence-electron chi connectivity index (χ1n) is 10.6. The third kappa shape index (κ3) is 4.90. The number of sulfone groups is 1. The fourth-order valence-corrected chi connectivity index (χ4v) is 4.83. The van der Waals surface area contributed by atoms with Crippen molar-refractivity contribution in [3.63, 3.8) is 0 Å². The highest BCUT2D eigenvalue weighted by Gasteiger charge is 2.24. The van der Waals surface area contributed by atoms with E-state index < -0.39 is 21.4 Å². The molecule has 0 N–H and O–H groups in total. The van der Waals surface area contributed by atoms with Gasteiger partial charge in [0.15, 0.2) is 9.84 Å². The van der Waals surface area contributed by atoms with Gasteiger partial charge in [-0.1, -0.05) is 78.3 Å². The Morgan fingerprint density at radius 1 is 0.743 bits per heavy atom. The number of benzene rings is 4. The third-order valence-electron chi connectivity index (χ3n) is 5.60. The molecule has 0 aliphatic rings. The van der Waals surface area contributed by atoms with Crippen molar-refractivity contribution in [3.05, 3.63) is 107 Å². The molecule has 35 heavy (non-hydrogen) atoms. The molecular weight excluding hydrogens is 484 g/mol. The Bertz CT molecular complexity index is 1530. The van der Waals surface area contributed by atoms with E-state index in [1.165, 1.54) is 19.2 Å². The maximum atomic E-state index is 13.3. The van der Waals surface area contributed by atoms with Crippen LogP contribution >= 0.6 is 11.6 Å². The molecule has 4 rings (SSSR count). The number of ketones is 2. The second kappa shape index (κ2) is 9.86. The Labute approximate surface area is 208 Å². The largest absolute Gasteiger partial charge is 0.495 e. The van der Waals surface area contributed by atoms with E-state index in [1.54, 1.807) is 78.9 Å². The lowest BCUT2D eigenvalue weighted by Gasteiger charge is -2.17. The average molecular weight is 505 g/mol. The lowest BCUT2D eigenvalue weighted by molar-refractivity contribution is 0.0817. The molecule has 0 unspecified atom stereocenters. The monoisotopic (exact) mass is 504 g/mol. The summed E-state index contributed by atoms with van der Waals surface area (Å²) in [4.78, 5) is 26.4. The average Bonchev–Trinajstić information content (AvgIpc) is 2.87. The molecule has 0 saturated heterocycles. The van der Waals surface area contributed by atoms with Crippen molar-refractivity contribution in [2.45, 2.75) is 4.90 Å². The van der Waals surface area contributed by atoms with E-state index in [0.29, 0.717) is 38.6 Å². The number of methoxy groups -OCH3 is 1. The van der Waals surface area contributed by atoms with Crippen LogP contribution in [0.5, 0.6) is 5.75 Å². The zero-order chi connectivity index (χ0) is 25.2. The van der Waals surface area contributed by atoms with Gasteiger partial charge in [0.05, 0.1) is 17.0 Å². The highest BCUT2D eigenvalue weighted by molar-refractivity contribution is 7.90. The normalized spacial score (nSPS) is 11.2. The van der Waals surface area contributed by atoms with Crippen LogP contribution < -0.4 is 4.74 Å². The van der Waals surface area contributed by atoms with E-state index in [9.17, 15) is 18.0 Å². The maximum Gasteiger partial charge on any atom is 0.234 e. The lowest BCUT2D eigenvalue weighted by Crippen LogP contribution is -2.15. The number of carbonyl (C=O) groups excluding carboxylic acids is 2. The Morgan fingerprint density at radius 2 is 1.37 bits per heavy atom. The molecule has 4 aromatic rings. The summed E-state index contributed by atoms with van der Waals surface area (Å²) in [5.74, 6) is -0.837. The first-order valence-corrected chi connectivity index (χ1v) is 12.9. The summed E-state index contributed by atoms with van der Waals surface area (Å²) in [6.07, 6.45) is 1.14. The summed E-state index contributed by atoms with van der Waals surface area (Å²) in [6.45, 7) is 0. The summed E-state index contributed by atoms with van der Waals surface area (Å²) >= 11 is 6.72. The lowest BCUT2D eigenvalue weighted by atomic mass is 9.89. The Morgan fingerprint density at radius 3 is 2.00 bits per heavy atom. The van der Waals surface area contributed by atoms with E-state index in [-0.39, 0.29) is 10.5 Å². The number of ether oxygens (including phenoxy) is 1. The molecule has 0 bridgehead atoms. The zero-order valence-electron chi connectivity index (χ0n) is 19.0. The summed E-state index contributed by atoms with van der Waals surface area (Å²) in [7, 11) is -1.89. The fourth-order valence-electron chi connectivity index (χ4n) is 3.85. The first kappa shape index (κ1) is 24.4. The molecule has 0 atom stereocenters. The quantitative estimate of drug-likeness (QED) is 0.223. The topological polar surface area (TPSA) is 77.5 Å². The van der Waals surface area contributed by atoms with Crippen molar-refractivity contribution in [2.24, 2.45) is 0 Å². The summed E-state index contributed by atoms with van der Waals surface area (Å²) in [6, 6.07) is 25.0. The van der Waals surface area contributed by atoms with Gasteiger partial charge in [-0.25, -0.2) is 8.42 Å². The minimum Gasteiger partial charge on any atom is -0.495 e. The first-order chi connectivity index (χ1) is 16.7. The van der Waals surface area contributed by atoms with Crippen LogP contribution in [0.25, 0.3) is 22.3 Å². The minimum absolute atomic E-state index is 0.172. The van der Waals surface area contributed by atoms with E-state index in [2.05, 4.69) is 0 Å². The molecule has 0 fully saturated rings. The summed E-state index contributed by atoms with van der Waals surface area (Å²) in [5, 5.41) is 0.300. The van der Waals surface area contributed by atoms with Gasteiger partial charge in [-0.3, -0.25) is 9.59 Å². The molecule has 4 aromatic carbocycles. The van der Waals surface area contributed by atoms with Gasteiger partial charge in [-0.2, -0.15) is 0 Å². The van der Waals surface area contributed by atoms with Crippen molar-refractivity contribution in [1.29, 1.82) is 0 Å². The molecule has 0 amide bonds. The van der Waals surface area contributed by atoms with Crippen LogP contribution in [0.3, 0.4) is 0 Å². The molecule has 5 nitrogen and oxygen atoms in total. The molecule has 0 aromatic heterocycles. The molecule has 0 radical (unpaired) electrons. The number of carbonyl (C=O) groups is 2. The van der Waals surface area contributed by atoms with Crippen LogP contribution in [0.1, 0.15) is 20.7 Å². The van der Waals surface area contributed by atoms with Gasteiger partial charge >= 0.3 is 0 Å². The second-order valence-electron chi connectivity index (χ2n) is 7.87. The van der Waals surface area contributed by atoms with E-state index in [1.807, 2.05) is 0 Å². The Kier molecular flexibility index (Phi) is 6.87. The highest BCUT2D eigenvalue weighted by Crippen LogP contribution is 2.43. The van der Waals surface area contributed by atoms with E-state index in [4.69, 9.17) is 16.3 Å². The van der Waals surface area contributed by atoms with Crippen LogP contribution in [0.4, 0.5) is 0 Å². The smallest absolute Gasteiger partial charge is 0.234 e. The van der Waals surface area contributed by atoms with Gasteiger partial charge in [0.2, 0.25) is 11.6 Å². The molecule has 7 heteroatoms. The van der Waals surface area contributed by atoms with E-state index in [0.717, 1.165) is 6.26 Å². The van der Waals surface area contributed by atoms with Gasteiger partial charge in [-0.05, 0) is 41.0 Å². The van der Waals surface area contributed by atoms with Crippen molar-refractivity contribution in [2.75, 3.05) is 13.4 Å². The number of hydrogen-bond acceptors (Lipinski definition) is 5. The number of rotatable bonds is 7. The third-order valence-corrected chi connectivity index (χ3v) is 7.11. The number of halogens is 1. The standard InChI is InChI=1S/C28H21ClO5S/c1-34-24-17-16-22(25(26(24)29)18-12-14-20(15-13-18)35(2,32)33)21-10-6-7-11-23(21)28(31)27(30)19-8-4-3-5-9-19/h3-17H,1-2H3. The van der Waals surface area contributed by atoms with Gasteiger partial charge in [0.1, 0.15) is 5.75 Å². The summed E-state index contributed by atoms with van der Waals surface area (Å²) in [5.41, 5.74) is 2.85. The molecular formula is C28H21ClO5S. The van der Waals surface area contributed by atoms with Gasteiger partial charge in [-0.15, -0.1) is 0 Å². The van der Waals surface area contributed by atoms with Crippen molar-refractivity contribution in [1.82, 2.24) is 0 Å². The molecule has 0 saturated carbocycles. The van der Waals surface area contributed by atoms with Crippen LogP contribution in [0.2, 0.25) is 5.02 Å².